The van der Waals surface area contributed by atoms with Crippen molar-refractivity contribution in [2.75, 3.05) is 20.2 Å². The van der Waals surface area contributed by atoms with Gasteiger partial charge >= 0.3 is 35.5 Å². The molecule has 9 heteroatoms. The van der Waals surface area contributed by atoms with Crippen LogP contribution in [0.1, 0.15) is 70.6 Å². The Morgan fingerprint density at radius 1 is 1.00 bits per heavy atom. The first-order valence-electron chi connectivity index (χ1n) is 14.0. The minimum atomic E-state index is -0.997. The zero-order valence-corrected chi connectivity index (χ0v) is 25.8. The molecule has 0 unspecified atom stereocenters. The normalized spacial score (nSPS) is 17.4. The smallest absolute Gasteiger partial charge is 1.00 e. The van der Waals surface area contributed by atoms with Gasteiger partial charge in [-0.2, -0.15) is 0 Å². The summed E-state index contributed by atoms with van der Waals surface area (Å²) in [5, 5.41) is 10.3. The van der Waals surface area contributed by atoms with Gasteiger partial charge in [0.15, 0.2) is 5.78 Å². The van der Waals surface area contributed by atoms with E-state index in [-0.39, 0.29) is 54.7 Å². The first-order valence-corrected chi connectivity index (χ1v) is 14.0. The maximum Gasteiger partial charge on any atom is 1.00 e. The molecule has 3 heterocycles. The van der Waals surface area contributed by atoms with Gasteiger partial charge in [-0.1, -0.05) is 18.2 Å². The van der Waals surface area contributed by atoms with Gasteiger partial charge in [-0.05, 0) is 66.4 Å². The minimum absolute atomic E-state index is 0. The fraction of sp³-hybridized carbons (Fsp3) is 0.303. The summed E-state index contributed by atoms with van der Waals surface area (Å²) in [5.74, 6) is 0.196. The number of hydrogen-bond donors (Lipinski definition) is 1. The Kier molecular flexibility index (Phi) is 7.41. The number of aromatic carboxylic acids is 1. The van der Waals surface area contributed by atoms with Crippen LogP contribution in [-0.4, -0.2) is 58.0 Å². The monoisotopic (exact) mass is 574 g/mol. The largest absolute Gasteiger partial charge is 1.00 e. The van der Waals surface area contributed by atoms with Crippen LogP contribution in [0.5, 0.6) is 11.5 Å². The number of rotatable bonds is 5. The Bertz CT molecular complexity index is 1740. The second kappa shape index (κ2) is 10.9. The van der Waals surface area contributed by atoms with E-state index in [0.717, 1.165) is 34.9 Å². The predicted octanol–water partition coefficient (Wildman–Crippen LogP) is 3.11. The molecule has 0 radical (unpaired) electrons. The first kappa shape index (κ1) is 28.5. The molecule has 8 nitrogen and oxygen atoms in total. The van der Waals surface area contributed by atoms with Crippen molar-refractivity contribution < 1.29 is 59.9 Å². The molecule has 1 aliphatic carbocycles. The van der Waals surface area contributed by atoms with Crippen molar-refractivity contribution in [2.24, 2.45) is 0 Å². The van der Waals surface area contributed by atoms with Gasteiger partial charge in [-0.3, -0.25) is 9.59 Å². The molecule has 1 N–H and O–H groups in total. The number of carbonyl (C=O) groups is 3. The molecular formula is C33H31N2NaO6. The molecule has 1 saturated carbocycles. The molecule has 4 aromatic rings. The van der Waals surface area contributed by atoms with E-state index in [2.05, 4.69) is 16.8 Å². The minimum Gasteiger partial charge on any atom is -1.00 e. The molecule has 2 aliphatic heterocycles. The number of hydrogen-bond acceptors (Lipinski definition) is 5. The number of carbonyl (C=O) groups excluding carboxylic acids is 2. The third-order valence-electron chi connectivity index (χ3n) is 8.70. The van der Waals surface area contributed by atoms with E-state index >= 15 is 0 Å². The van der Waals surface area contributed by atoms with Crippen LogP contribution in [0, 0.1) is 0 Å². The Labute approximate surface area is 267 Å². The number of likely N-dealkylation sites (tertiary alicyclic amines) is 1. The molecule has 0 atom stereocenters. The third kappa shape index (κ3) is 5.02. The number of ketones is 1. The molecule has 0 bridgehead atoms. The van der Waals surface area contributed by atoms with E-state index in [4.69, 9.17) is 9.47 Å². The van der Waals surface area contributed by atoms with Gasteiger partial charge in [-0.15, -0.1) is 0 Å². The molecule has 1 aromatic heterocycles. The van der Waals surface area contributed by atoms with Gasteiger partial charge in [-0.25, -0.2) is 4.79 Å². The molecule has 1 spiro atoms. The Balaban J connectivity index is 0.00000184. The summed E-state index contributed by atoms with van der Waals surface area (Å²) < 4.78 is 14.4. The number of benzene rings is 3. The van der Waals surface area contributed by atoms with Crippen molar-refractivity contribution in [2.45, 2.75) is 43.7 Å². The average molecular weight is 575 g/mol. The van der Waals surface area contributed by atoms with Crippen molar-refractivity contribution >= 4 is 28.6 Å². The Morgan fingerprint density at radius 3 is 2.48 bits per heavy atom. The zero-order valence-electron chi connectivity index (χ0n) is 24.8. The number of carboxylic acids is 1. The molecule has 3 aliphatic rings. The van der Waals surface area contributed by atoms with Crippen molar-refractivity contribution in [3.8, 4) is 22.6 Å². The van der Waals surface area contributed by atoms with Crippen molar-refractivity contribution in [1.82, 2.24) is 9.47 Å². The molecular weight excluding hydrogens is 543 g/mol. The van der Waals surface area contributed by atoms with Gasteiger partial charge in [0.25, 0.3) is 5.91 Å². The first-order chi connectivity index (χ1) is 19.8. The maximum atomic E-state index is 13.6. The van der Waals surface area contributed by atoms with Gasteiger partial charge in [0, 0.05) is 49.1 Å². The molecule has 7 rings (SSSR count). The number of ether oxygens (including phenoxy) is 2. The zero-order chi connectivity index (χ0) is 28.3. The molecule has 3 aromatic carbocycles. The third-order valence-corrected chi connectivity index (χ3v) is 8.70. The van der Waals surface area contributed by atoms with Gasteiger partial charge in [0.2, 0.25) is 0 Å². The van der Waals surface area contributed by atoms with E-state index in [1.54, 1.807) is 37.4 Å². The van der Waals surface area contributed by atoms with Crippen LogP contribution in [0.4, 0.5) is 0 Å². The topological polar surface area (TPSA) is 98.1 Å². The number of carboxylic acid groups (broad SMARTS) is 1. The van der Waals surface area contributed by atoms with E-state index in [1.165, 1.54) is 0 Å². The standard InChI is InChI=1S/C33H30N2O6.Na.H/c1-40-30-18-23(17-27-25(30)9-12-35(27)24-6-7-24)31(37)34-13-10-33(11-14-34)19-28(36)26-16-21(5-8-29(26)41-33)20-3-2-4-22(15-20)32(38)39;;/h2-5,8-9,12,15-18,24H,6-7,10-11,13-14,19H2,1H3,(H,38,39);;/q;+1;-1. The Hall–Kier alpha value is -3.59. The SMILES string of the molecule is COc1cc(C(=O)N2CCC3(CC2)CC(=O)c2cc(-c4cccc(C(=O)O)c4)ccc2O3)cc2c1ccn2C1CC1.[H-].[Na+]. The number of Topliss-reactive ketones (excluding diaryl/α,β-unsaturated/α-hetero) is 1. The second-order valence-corrected chi connectivity index (χ2v) is 11.3. The van der Waals surface area contributed by atoms with Crippen LogP contribution in [0.15, 0.2) is 66.9 Å². The van der Waals surface area contributed by atoms with Crippen LogP contribution in [0.2, 0.25) is 0 Å². The molecule has 210 valence electrons. The number of nitrogens with zero attached hydrogens (tertiary/aromatic N) is 2. The summed E-state index contributed by atoms with van der Waals surface area (Å²) in [6, 6.07) is 18.4. The van der Waals surface area contributed by atoms with Crippen LogP contribution in [-0.2, 0) is 0 Å². The maximum absolute atomic E-state index is 13.6. The molecule has 42 heavy (non-hydrogen) atoms. The summed E-state index contributed by atoms with van der Waals surface area (Å²) in [6.07, 6.45) is 5.75. The summed E-state index contributed by atoms with van der Waals surface area (Å²) in [4.78, 5) is 40.2. The predicted molar refractivity (Wildman–Crippen MR) is 154 cm³/mol. The quantitative estimate of drug-likeness (QED) is 0.368. The number of piperidine rings is 1. The van der Waals surface area contributed by atoms with Crippen molar-refractivity contribution in [3.63, 3.8) is 0 Å². The van der Waals surface area contributed by atoms with Gasteiger partial charge in [0.1, 0.15) is 17.1 Å². The molecule has 2 fully saturated rings. The van der Waals surface area contributed by atoms with Crippen LogP contribution in [0.25, 0.3) is 22.0 Å². The average Bonchev–Trinajstić information content (AvgIpc) is 3.74. The van der Waals surface area contributed by atoms with Crippen LogP contribution < -0.4 is 39.0 Å². The van der Waals surface area contributed by atoms with Crippen molar-refractivity contribution in [3.05, 3.63) is 83.6 Å². The fourth-order valence-corrected chi connectivity index (χ4v) is 6.28. The van der Waals surface area contributed by atoms with Gasteiger partial charge in [0.05, 0.1) is 30.2 Å². The fourth-order valence-electron chi connectivity index (χ4n) is 6.28. The molecule has 1 saturated heterocycles. The summed E-state index contributed by atoms with van der Waals surface area (Å²) in [6.45, 7) is 0.983. The van der Waals surface area contributed by atoms with Crippen LogP contribution >= 0.6 is 0 Å². The summed E-state index contributed by atoms with van der Waals surface area (Å²) in [7, 11) is 1.63. The van der Waals surface area contributed by atoms with E-state index in [0.29, 0.717) is 54.6 Å². The van der Waals surface area contributed by atoms with E-state index in [1.807, 2.05) is 29.2 Å². The molecule has 1 amide bonds. The van der Waals surface area contributed by atoms with Crippen LogP contribution in [0.3, 0.4) is 0 Å². The van der Waals surface area contributed by atoms with E-state index in [9.17, 15) is 19.5 Å². The van der Waals surface area contributed by atoms with E-state index < -0.39 is 11.6 Å². The number of amides is 1. The number of fused-ring (bicyclic) bond motifs is 2. The second-order valence-electron chi connectivity index (χ2n) is 11.3. The Morgan fingerprint density at radius 2 is 1.76 bits per heavy atom. The number of aromatic nitrogens is 1. The summed E-state index contributed by atoms with van der Waals surface area (Å²) >= 11 is 0. The van der Waals surface area contributed by atoms with Crippen molar-refractivity contribution in [1.29, 1.82) is 0 Å². The van der Waals surface area contributed by atoms with Gasteiger partial charge < -0.3 is 25.5 Å². The number of methoxy groups -OCH3 is 1. The summed E-state index contributed by atoms with van der Waals surface area (Å²) in [5.41, 5.74) is 3.18.